The van der Waals surface area contributed by atoms with Crippen molar-refractivity contribution in [1.29, 1.82) is 0 Å². The average Bonchev–Trinajstić information content (AvgIpc) is 2.84. The van der Waals surface area contributed by atoms with Crippen molar-refractivity contribution in [2.75, 3.05) is 25.4 Å². The molecule has 2 aliphatic rings. The molecule has 1 aliphatic carbocycles. The molecule has 1 saturated heterocycles. The molecule has 0 aromatic heterocycles. The summed E-state index contributed by atoms with van der Waals surface area (Å²) < 4.78 is 23.1. The van der Waals surface area contributed by atoms with Crippen LogP contribution in [0.1, 0.15) is 19.3 Å². The van der Waals surface area contributed by atoms with Crippen LogP contribution in [0.15, 0.2) is 0 Å². The molecule has 0 amide bonds. The molecular formula is C9H18N2O2S. The second-order valence-corrected chi connectivity index (χ2v) is 6.68. The summed E-state index contributed by atoms with van der Waals surface area (Å²) in [5.41, 5.74) is 5.54. The molecule has 2 N–H and O–H groups in total. The highest BCUT2D eigenvalue weighted by atomic mass is 32.2. The van der Waals surface area contributed by atoms with E-state index in [9.17, 15) is 8.42 Å². The Morgan fingerprint density at radius 3 is 2.43 bits per heavy atom. The molecule has 2 fully saturated rings. The lowest BCUT2D eigenvalue weighted by molar-refractivity contribution is 0.105. The number of rotatable bonds is 5. The molecule has 0 spiro atoms. The zero-order chi connectivity index (χ0) is 10.2. The molecule has 1 aliphatic heterocycles. The van der Waals surface area contributed by atoms with E-state index in [0.29, 0.717) is 24.9 Å². The van der Waals surface area contributed by atoms with Crippen LogP contribution < -0.4 is 5.73 Å². The van der Waals surface area contributed by atoms with Gasteiger partial charge in [0.05, 0.1) is 11.0 Å². The Hall–Kier alpha value is -0.130. The SMILES string of the molecule is NCC1CCN1CCS(=O)(=O)C1CC1. The molecule has 82 valence electrons. The quantitative estimate of drug-likeness (QED) is 0.682. The van der Waals surface area contributed by atoms with Crippen molar-refractivity contribution in [3.63, 3.8) is 0 Å². The topological polar surface area (TPSA) is 63.4 Å². The highest BCUT2D eigenvalue weighted by Gasteiger charge is 2.36. The van der Waals surface area contributed by atoms with Gasteiger partial charge in [0, 0.05) is 25.7 Å². The molecule has 14 heavy (non-hydrogen) atoms. The van der Waals surface area contributed by atoms with Crippen LogP contribution in [0.2, 0.25) is 0 Å². The maximum Gasteiger partial charge on any atom is 0.154 e. The van der Waals surface area contributed by atoms with Gasteiger partial charge in [-0.15, -0.1) is 0 Å². The maximum atomic E-state index is 11.6. The number of likely N-dealkylation sites (tertiary alicyclic amines) is 1. The Kier molecular flexibility index (Phi) is 2.81. The fourth-order valence-corrected chi connectivity index (χ4v) is 3.57. The van der Waals surface area contributed by atoms with Crippen LogP contribution in [0, 0.1) is 0 Å². The summed E-state index contributed by atoms with van der Waals surface area (Å²) in [6.45, 7) is 2.35. The van der Waals surface area contributed by atoms with Crippen LogP contribution in [0.25, 0.3) is 0 Å². The molecule has 5 heteroatoms. The zero-order valence-electron chi connectivity index (χ0n) is 8.35. The second kappa shape index (κ2) is 3.79. The van der Waals surface area contributed by atoms with Crippen molar-refractivity contribution < 1.29 is 8.42 Å². The summed E-state index contributed by atoms with van der Waals surface area (Å²) in [7, 11) is -2.77. The highest BCUT2D eigenvalue weighted by molar-refractivity contribution is 7.92. The fourth-order valence-electron chi connectivity index (χ4n) is 1.89. The van der Waals surface area contributed by atoms with Gasteiger partial charge < -0.3 is 5.73 Å². The summed E-state index contributed by atoms with van der Waals surface area (Å²) >= 11 is 0. The van der Waals surface area contributed by atoms with Crippen molar-refractivity contribution >= 4 is 9.84 Å². The normalized spacial score (nSPS) is 28.8. The van der Waals surface area contributed by atoms with E-state index in [1.165, 1.54) is 0 Å². The second-order valence-electron chi connectivity index (χ2n) is 4.28. The lowest BCUT2D eigenvalue weighted by atomic mass is 10.0. The molecule has 0 radical (unpaired) electrons. The van der Waals surface area contributed by atoms with Crippen LogP contribution in [-0.4, -0.2) is 50.0 Å². The molecule has 1 heterocycles. The third-order valence-electron chi connectivity index (χ3n) is 3.23. The van der Waals surface area contributed by atoms with E-state index >= 15 is 0 Å². The standard InChI is InChI=1S/C9H18N2O2S/c10-7-8-3-4-11(8)5-6-14(12,13)9-1-2-9/h8-9H,1-7,10H2. The minimum Gasteiger partial charge on any atom is -0.329 e. The third-order valence-corrected chi connectivity index (χ3v) is 5.47. The van der Waals surface area contributed by atoms with Gasteiger partial charge in [-0.05, 0) is 19.3 Å². The number of hydrogen-bond donors (Lipinski definition) is 1. The first kappa shape index (κ1) is 10.4. The minimum atomic E-state index is -2.77. The molecule has 4 nitrogen and oxygen atoms in total. The molecule has 0 aromatic rings. The first-order valence-corrected chi connectivity index (χ1v) is 7.01. The average molecular weight is 218 g/mol. The maximum absolute atomic E-state index is 11.6. The van der Waals surface area contributed by atoms with E-state index < -0.39 is 9.84 Å². The molecule has 0 aromatic carbocycles. The Balaban J connectivity index is 1.76. The van der Waals surface area contributed by atoms with E-state index in [1.54, 1.807) is 0 Å². The molecule has 1 unspecified atom stereocenters. The van der Waals surface area contributed by atoms with Gasteiger partial charge in [0.2, 0.25) is 0 Å². The summed E-state index contributed by atoms with van der Waals surface area (Å²) in [6, 6.07) is 0.435. The number of hydrogen-bond acceptors (Lipinski definition) is 4. The van der Waals surface area contributed by atoms with Crippen molar-refractivity contribution in [2.24, 2.45) is 5.73 Å². The third kappa shape index (κ3) is 2.10. The highest BCUT2D eigenvalue weighted by Crippen LogP contribution is 2.29. The van der Waals surface area contributed by atoms with Gasteiger partial charge in [-0.2, -0.15) is 0 Å². The zero-order valence-corrected chi connectivity index (χ0v) is 9.17. The van der Waals surface area contributed by atoms with E-state index in [0.717, 1.165) is 25.8 Å². The monoisotopic (exact) mass is 218 g/mol. The summed E-state index contributed by atoms with van der Waals surface area (Å²) in [5.74, 6) is 0.328. The fraction of sp³-hybridized carbons (Fsp3) is 1.00. The van der Waals surface area contributed by atoms with Gasteiger partial charge in [-0.1, -0.05) is 0 Å². The summed E-state index contributed by atoms with van der Waals surface area (Å²) in [5, 5.41) is -0.0138. The minimum absolute atomic E-state index is 0.0138. The van der Waals surface area contributed by atoms with Crippen LogP contribution in [0.5, 0.6) is 0 Å². The van der Waals surface area contributed by atoms with Gasteiger partial charge in [0.15, 0.2) is 9.84 Å². The van der Waals surface area contributed by atoms with E-state index in [4.69, 9.17) is 5.73 Å². The molecule has 2 rings (SSSR count). The van der Waals surface area contributed by atoms with Crippen molar-refractivity contribution in [3.05, 3.63) is 0 Å². The predicted molar refractivity (Wildman–Crippen MR) is 55.8 cm³/mol. The van der Waals surface area contributed by atoms with Crippen molar-refractivity contribution in [1.82, 2.24) is 4.90 Å². The van der Waals surface area contributed by atoms with Crippen LogP contribution in [-0.2, 0) is 9.84 Å². The number of nitrogens with zero attached hydrogens (tertiary/aromatic N) is 1. The summed E-state index contributed by atoms with van der Waals surface area (Å²) in [4.78, 5) is 2.18. The largest absolute Gasteiger partial charge is 0.329 e. The Morgan fingerprint density at radius 1 is 1.29 bits per heavy atom. The van der Waals surface area contributed by atoms with Crippen molar-refractivity contribution in [2.45, 2.75) is 30.6 Å². The van der Waals surface area contributed by atoms with Gasteiger partial charge in [-0.3, -0.25) is 4.90 Å². The lowest BCUT2D eigenvalue weighted by Gasteiger charge is -2.40. The van der Waals surface area contributed by atoms with Crippen LogP contribution in [0.4, 0.5) is 0 Å². The lowest BCUT2D eigenvalue weighted by Crippen LogP contribution is -2.53. The van der Waals surface area contributed by atoms with Crippen molar-refractivity contribution in [3.8, 4) is 0 Å². The smallest absolute Gasteiger partial charge is 0.154 e. The van der Waals surface area contributed by atoms with Gasteiger partial charge in [0.1, 0.15) is 0 Å². The van der Waals surface area contributed by atoms with E-state index in [2.05, 4.69) is 4.90 Å². The molecule has 1 saturated carbocycles. The van der Waals surface area contributed by atoms with Gasteiger partial charge in [0.25, 0.3) is 0 Å². The predicted octanol–water partition coefficient (Wildman–Crippen LogP) is -0.403. The van der Waals surface area contributed by atoms with Crippen LogP contribution >= 0.6 is 0 Å². The van der Waals surface area contributed by atoms with Gasteiger partial charge >= 0.3 is 0 Å². The Morgan fingerprint density at radius 2 is 2.00 bits per heavy atom. The molecule has 0 bridgehead atoms. The summed E-state index contributed by atoms with van der Waals surface area (Å²) in [6.07, 6.45) is 2.88. The molecular weight excluding hydrogens is 200 g/mol. The van der Waals surface area contributed by atoms with E-state index in [1.807, 2.05) is 0 Å². The Labute approximate surface area is 85.4 Å². The van der Waals surface area contributed by atoms with Gasteiger partial charge in [-0.25, -0.2) is 8.42 Å². The van der Waals surface area contributed by atoms with E-state index in [-0.39, 0.29) is 5.25 Å². The first-order chi connectivity index (χ1) is 6.63. The van der Waals surface area contributed by atoms with Crippen LogP contribution in [0.3, 0.4) is 0 Å². The molecule has 1 atom stereocenters. The Bertz CT molecular complexity index is 296. The number of sulfone groups is 1. The number of nitrogens with two attached hydrogens (primary N) is 1. The first-order valence-electron chi connectivity index (χ1n) is 5.29.